The van der Waals surface area contributed by atoms with Gasteiger partial charge in [0.25, 0.3) is 5.91 Å². The highest BCUT2D eigenvalue weighted by molar-refractivity contribution is 5.98. The molecule has 0 aromatic carbocycles. The molecule has 0 radical (unpaired) electrons. The number of nitrogens with zero attached hydrogens (tertiary/aromatic N) is 2. The van der Waals surface area contributed by atoms with Crippen LogP contribution in [0.1, 0.15) is 40.1 Å². The summed E-state index contributed by atoms with van der Waals surface area (Å²) in [7, 11) is 0. The lowest BCUT2D eigenvalue weighted by Gasteiger charge is -2.24. The highest BCUT2D eigenvalue weighted by Gasteiger charge is 2.25. The SMILES string of the molecule is O=C(NCCN1C(=O)CCCC1=O)c1ccc(C(=O)O)nc1. The van der Waals surface area contributed by atoms with Crippen molar-refractivity contribution in [1.29, 1.82) is 0 Å². The van der Waals surface area contributed by atoms with Gasteiger partial charge in [-0.25, -0.2) is 9.78 Å². The molecule has 3 amide bonds. The van der Waals surface area contributed by atoms with Crippen molar-refractivity contribution in [1.82, 2.24) is 15.2 Å². The van der Waals surface area contributed by atoms with Gasteiger partial charge in [-0.2, -0.15) is 0 Å². The predicted molar refractivity (Wildman–Crippen MR) is 74.1 cm³/mol. The number of likely N-dealkylation sites (tertiary alicyclic amines) is 1. The molecule has 1 aliphatic heterocycles. The Kier molecular flexibility index (Phi) is 4.82. The summed E-state index contributed by atoms with van der Waals surface area (Å²) in [4.78, 5) is 50.4. The number of carbonyl (C=O) groups excluding carboxylic acids is 3. The van der Waals surface area contributed by atoms with Crippen molar-refractivity contribution in [3.8, 4) is 0 Å². The molecular weight excluding hydrogens is 290 g/mol. The Balaban J connectivity index is 1.86. The minimum absolute atomic E-state index is 0.129. The molecule has 0 atom stereocenters. The van der Waals surface area contributed by atoms with Gasteiger partial charge in [0.1, 0.15) is 5.69 Å². The summed E-state index contributed by atoms with van der Waals surface area (Å²) in [6.07, 6.45) is 2.43. The number of hydrogen-bond acceptors (Lipinski definition) is 5. The van der Waals surface area contributed by atoms with E-state index in [2.05, 4.69) is 10.3 Å². The van der Waals surface area contributed by atoms with Crippen molar-refractivity contribution in [2.75, 3.05) is 13.1 Å². The number of piperidine rings is 1. The van der Waals surface area contributed by atoms with Crippen LogP contribution < -0.4 is 5.32 Å². The van der Waals surface area contributed by atoms with Gasteiger partial charge in [0.05, 0.1) is 5.56 Å². The average Bonchev–Trinajstić information content (AvgIpc) is 2.50. The van der Waals surface area contributed by atoms with Crippen molar-refractivity contribution in [3.05, 3.63) is 29.6 Å². The van der Waals surface area contributed by atoms with E-state index in [9.17, 15) is 19.2 Å². The van der Waals surface area contributed by atoms with Crippen LogP contribution in [0.15, 0.2) is 18.3 Å². The summed E-state index contributed by atoms with van der Waals surface area (Å²) in [5, 5.41) is 11.3. The van der Waals surface area contributed by atoms with Crippen molar-refractivity contribution < 1.29 is 24.3 Å². The van der Waals surface area contributed by atoms with E-state index < -0.39 is 11.9 Å². The maximum absolute atomic E-state index is 11.8. The Morgan fingerprint density at radius 1 is 1.23 bits per heavy atom. The highest BCUT2D eigenvalue weighted by Crippen LogP contribution is 2.11. The summed E-state index contributed by atoms with van der Waals surface area (Å²) in [5.74, 6) is -2.06. The molecule has 0 saturated carbocycles. The smallest absolute Gasteiger partial charge is 0.354 e. The second kappa shape index (κ2) is 6.79. The molecule has 8 heteroatoms. The van der Waals surface area contributed by atoms with E-state index in [1.54, 1.807) is 0 Å². The van der Waals surface area contributed by atoms with Crippen LogP contribution in [0.2, 0.25) is 0 Å². The number of aromatic nitrogens is 1. The van der Waals surface area contributed by atoms with Crippen molar-refractivity contribution in [2.24, 2.45) is 0 Å². The maximum atomic E-state index is 11.8. The van der Waals surface area contributed by atoms with Gasteiger partial charge < -0.3 is 10.4 Å². The molecule has 1 fully saturated rings. The van der Waals surface area contributed by atoms with E-state index in [4.69, 9.17) is 5.11 Å². The monoisotopic (exact) mass is 305 g/mol. The zero-order valence-electron chi connectivity index (χ0n) is 11.7. The van der Waals surface area contributed by atoms with E-state index in [1.165, 1.54) is 12.1 Å². The predicted octanol–water partition coefficient (Wildman–Crippen LogP) is 0.0487. The number of carbonyl (C=O) groups is 4. The average molecular weight is 305 g/mol. The lowest BCUT2D eigenvalue weighted by atomic mass is 10.1. The van der Waals surface area contributed by atoms with E-state index in [1.807, 2.05) is 0 Å². The molecule has 22 heavy (non-hydrogen) atoms. The molecule has 0 unspecified atom stereocenters. The van der Waals surface area contributed by atoms with Gasteiger partial charge in [-0.15, -0.1) is 0 Å². The van der Waals surface area contributed by atoms with Crippen LogP contribution in [0.4, 0.5) is 0 Å². The number of amides is 3. The molecule has 116 valence electrons. The van der Waals surface area contributed by atoms with Crippen molar-refractivity contribution >= 4 is 23.7 Å². The Bertz CT molecular complexity index is 595. The fourth-order valence-corrected chi connectivity index (χ4v) is 2.09. The Morgan fingerprint density at radius 3 is 2.45 bits per heavy atom. The first kappa shape index (κ1) is 15.6. The Hall–Kier alpha value is -2.77. The van der Waals surface area contributed by atoms with E-state index >= 15 is 0 Å². The first-order valence-electron chi connectivity index (χ1n) is 6.80. The molecule has 1 saturated heterocycles. The molecule has 0 spiro atoms. The number of pyridine rings is 1. The van der Waals surface area contributed by atoms with Gasteiger partial charge in [-0.3, -0.25) is 19.3 Å². The lowest BCUT2D eigenvalue weighted by Crippen LogP contribution is -2.44. The molecule has 0 bridgehead atoms. The summed E-state index contributed by atoms with van der Waals surface area (Å²) in [6.45, 7) is 0.265. The van der Waals surface area contributed by atoms with Crippen LogP contribution in [-0.4, -0.2) is 51.8 Å². The van der Waals surface area contributed by atoms with Crippen molar-refractivity contribution in [3.63, 3.8) is 0 Å². The molecule has 2 heterocycles. The number of hydrogen-bond donors (Lipinski definition) is 2. The number of imide groups is 1. The van der Waals surface area contributed by atoms with Crippen LogP contribution in [0.25, 0.3) is 0 Å². The Labute approximate surface area is 126 Å². The fourth-order valence-electron chi connectivity index (χ4n) is 2.09. The number of carboxylic acid groups (broad SMARTS) is 1. The van der Waals surface area contributed by atoms with Gasteiger partial charge in [0.15, 0.2) is 0 Å². The summed E-state index contributed by atoms with van der Waals surface area (Å²) >= 11 is 0. The molecule has 1 aromatic heterocycles. The van der Waals surface area contributed by atoms with Crippen LogP contribution in [-0.2, 0) is 9.59 Å². The first-order chi connectivity index (χ1) is 10.5. The van der Waals surface area contributed by atoms with Crippen LogP contribution in [0, 0.1) is 0 Å². The van der Waals surface area contributed by atoms with E-state index in [0.29, 0.717) is 19.3 Å². The number of nitrogens with one attached hydrogen (secondary N) is 1. The van der Waals surface area contributed by atoms with Crippen molar-refractivity contribution in [2.45, 2.75) is 19.3 Å². The number of aromatic carboxylic acids is 1. The van der Waals surface area contributed by atoms with Gasteiger partial charge in [0.2, 0.25) is 11.8 Å². The molecule has 1 aromatic rings. The lowest BCUT2D eigenvalue weighted by molar-refractivity contribution is -0.147. The van der Waals surface area contributed by atoms with Crippen LogP contribution >= 0.6 is 0 Å². The van der Waals surface area contributed by atoms with Gasteiger partial charge in [-0.05, 0) is 18.6 Å². The molecule has 2 rings (SSSR count). The second-order valence-corrected chi connectivity index (χ2v) is 4.79. The summed E-state index contributed by atoms with van der Waals surface area (Å²) in [6, 6.07) is 2.58. The molecule has 2 N–H and O–H groups in total. The van der Waals surface area contributed by atoms with Gasteiger partial charge >= 0.3 is 5.97 Å². The van der Waals surface area contributed by atoms with E-state index in [-0.39, 0.29) is 36.2 Å². The minimum atomic E-state index is -1.17. The standard InChI is InChI=1S/C14H15N3O5/c18-11-2-1-3-12(19)17(11)7-6-15-13(20)9-4-5-10(14(21)22)16-8-9/h4-5,8H,1-3,6-7H2,(H,15,20)(H,21,22). The van der Waals surface area contributed by atoms with Crippen LogP contribution in [0.5, 0.6) is 0 Å². The molecule has 1 aliphatic rings. The fraction of sp³-hybridized carbons (Fsp3) is 0.357. The minimum Gasteiger partial charge on any atom is -0.477 e. The third-order valence-corrected chi connectivity index (χ3v) is 3.25. The van der Waals surface area contributed by atoms with Crippen LogP contribution in [0.3, 0.4) is 0 Å². The number of rotatable bonds is 5. The summed E-state index contributed by atoms with van der Waals surface area (Å²) < 4.78 is 0. The highest BCUT2D eigenvalue weighted by atomic mass is 16.4. The number of carboxylic acids is 1. The summed E-state index contributed by atoms with van der Waals surface area (Å²) in [5.41, 5.74) is 0.0577. The molecule has 8 nitrogen and oxygen atoms in total. The normalized spacial score (nSPS) is 14.8. The third kappa shape index (κ3) is 3.66. The van der Waals surface area contributed by atoms with Gasteiger partial charge in [-0.1, -0.05) is 0 Å². The van der Waals surface area contributed by atoms with E-state index in [0.717, 1.165) is 11.1 Å². The Morgan fingerprint density at radius 2 is 1.91 bits per heavy atom. The maximum Gasteiger partial charge on any atom is 0.354 e. The largest absolute Gasteiger partial charge is 0.477 e. The first-order valence-corrected chi connectivity index (χ1v) is 6.80. The zero-order chi connectivity index (χ0) is 16.1. The third-order valence-electron chi connectivity index (χ3n) is 3.25. The second-order valence-electron chi connectivity index (χ2n) is 4.79. The molecule has 0 aliphatic carbocycles. The van der Waals surface area contributed by atoms with Gasteiger partial charge in [0, 0.05) is 32.1 Å². The quantitative estimate of drug-likeness (QED) is 0.742. The molecular formula is C14H15N3O5. The topological polar surface area (TPSA) is 117 Å². The zero-order valence-corrected chi connectivity index (χ0v) is 11.7.